The van der Waals surface area contributed by atoms with Gasteiger partial charge in [-0.25, -0.2) is 14.4 Å². The summed E-state index contributed by atoms with van der Waals surface area (Å²) in [5.74, 6) is -1.15. The van der Waals surface area contributed by atoms with Gasteiger partial charge in [0.2, 0.25) is 6.79 Å². The molecule has 0 saturated heterocycles. The minimum absolute atomic E-state index is 0.163. The summed E-state index contributed by atoms with van der Waals surface area (Å²) in [6, 6.07) is 4.99. The molecule has 0 unspecified atom stereocenters. The molecule has 164 valence electrons. The number of unbranched alkanes of at least 4 members (excludes halogenated alkanes) is 2. The van der Waals surface area contributed by atoms with Crippen LogP contribution in [0.3, 0.4) is 0 Å². The second-order valence-electron chi connectivity index (χ2n) is 5.89. The summed E-state index contributed by atoms with van der Waals surface area (Å²) in [7, 11) is 0. The minimum Gasteiger partial charge on any atom is -0.449 e. The predicted molar refractivity (Wildman–Crippen MR) is 116 cm³/mol. The number of halogens is 1. The van der Waals surface area contributed by atoms with Gasteiger partial charge in [0.1, 0.15) is 0 Å². The first-order chi connectivity index (χ1) is 14.3. The van der Waals surface area contributed by atoms with Crippen molar-refractivity contribution in [3.63, 3.8) is 0 Å². The number of anilines is 2. The van der Waals surface area contributed by atoms with E-state index in [1.54, 1.807) is 25.1 Å². The maximum Gasteiger partial charge on any atom is 0.421 e. The standard InChI is InChI=1S/C19H23IN2O8/c1-3-16(23)28-12-29-17(24)7-5-4-6-10-27-18(25)22-15-11-14(9-8-13(15)2)21-19(26)30-20/h3,8-9,11H,1,4-7,10,12H2,2H3,(H,21,26)(H,22,25). The SMILES string of the molecule is C=CC(=O)OCOC(=O)CCCCCOC(=O)Nc1cc(NC(=O)OI)ccc1C. The van der Waals surface area contributed by atoms with Gasteiger partial charge >= 0.3 is 24.1 Å². The number of hydrogen-bond acceptors (Lipinski definition) is 8. The Labute approximate surface area is 187 Å². The number of hydrogen-bond donors (Lipinski definition) is 2. The lowest BCUT2D eigenvalue weighted by atomic mass is 10.2. The molecular formula is C19H23IN2O8. The number of carbonyl (C=O) groups is 4. The van der Waals surface area contributed by atoms with E-state index in [9.17, 15) is 19.2 Å². The van der Waals surface area contributed by atoms with Crippen LogP contribution in [0.15, 0.2) is 30.9 Å². The summed E-state index contributed by atoms with van der Waals surface area (Å²) in [6.45, 7) is 4.75. The molecule has 2 amide bonds. The zero-order valence-corrected chi connectivity index (χ0v) is 18.6. The lowest BCUT2D eigenvalue weighted by Gasteiger charge is -2.11. The molecule has 11 heteroatoms. The van der Waals surface area contributed by atoms with E-state index in [1.807, 2.05) is 0 Å². The van der Waals surface area contributed by atoms with Gasteiger partial charge in [-0.1, -0.05) is 12.6 Å². The molecule has 1 aromatic carbocycles. The zero-order chi connectivity index (χ0) is 22.4. The van der Waals surface area contributed by atoms with Crippen LogP contribution >= 0.6 is 23.0 Å². The highest BCUT2D eigenvalue weighted by Gasteiger charge is 2.09. The Hall–Kier alpha value is -2.83. The molecule has 0 heterocycles. The number of benzene rings is 1. The molecule has 0 aliphatic heterocycles. The molecule has 0 spiro atoms. The van der Waals surface area contributed by atoms with Crippen LogP contribution in [0.4, 0.5) is 21.0 Å². The molecule has 0 aromatic heterocycles. The minimum atomic E-state index is -0.667. The van der Waals surface area contributed by atoms with Crippen LogP contribution < -0.4 is 10.6 Å². The van der Waals surface area contributed by atoms with E-state index in [1.165, 1.54) is 23.0 Å². The molecule has 1 aromatic rings. The lowest BCUT2D eigenvalue weighted by molar-refractivity contribution is -0.164. The van der Waals surface area contributed by atoms with Crippen molar-refractivity contribution in [1.29, 1.82) is 0 Å². The molecule has 0 atom stereocenters. The third-order valence-corrected chi connectivity index (χ3v) is 4.04. The average molecular weight is 534 g/mol. The Bertz CT molecular complexity index is 769. The number of aryl methyl sites for hydroxylation is 1. The molecule has 0 aliphatic carbocycles. The van der Waals surface area contributed by atoms with Gasteiger partial charge in [-0.15, -0.1) is 0 Å². The molecular weight excluding hydrogens is 511 g/mol. The Morgan fingerprint density at radius 3 is 2.50 bits per heavy atom. The Balaban J connectivity index is 2.22. The van der Waals surface area contributed by atoms with Gasteiger partial charge in [0.25, 0.3) is 0 Å². The first-order valence-corrected chi connectivity index (χ1v) is 9.82. The van der Waals surface area contributed by atoms with Crippen molar-refractivity contribution < 1.29 is 36.5 Å². The van der Waals surface area contributed by atoms with E-state index in [4.69, 9.17) is 9.47 Å². The maximum atomic E-state index is 11.9. The van der Waals surface area contributed by atoms with E-state index in [2.05, 4.69) is 25.0 Å². The van der Waals surface area contributed by atoms with Crippen LogP contribution in [-0.2, 0) is 26.9 Å². The summed E-state index contributed by atoms with van der Waals surface area (Å²) in [5.41, 5.74) is 1.74. The van der Waals surface area contributed by atoms with E-state index in [0.29, 0.717) is 30.6 Å². The highest BCUT2D eigenvalue weighted by atomic mass is 127. The largest absolute Gasteiger partial charge is 0.449 e. The molecule has 0 bridgehead atoms. The van der Waals surface area contributed by atoms with E-state index < -0.39 is 30.9 Å². The monoisotopic (exact) mass is 534 g/mol. The quantitative estimate of drug-likeness (QED) is 0.142. The third-order valence-electron chi connectivity index (χ3n) is 3.64. The van der Waals surface area contributed by atoms with E-state index in [0.717, 1.165) is 11.6 Å². The Morgan fingerprint density at radius 1 is 1.03 bits per heavy atom. The topological polar surface area (TPSA) is 129 Å². The average Bonchev–Trinajstić information content (AvgIpc) is 2.72. The van der Waals surface area contributed by atoms with E-state index >= 15 is 0 Å². The highest BCUT2D eigenvalue weighted by molar-refractivity contribution is 14.1. The first kappa shape index (κ1) is 25.2. The molecule has 10 nitrogen and oxygen atoms in total. The van der Waals surface area contributed by atoms with Gasteiger partial charge in [-0.2, -0.15) is 0 Å². The van der Waals surface area contributed by atoms with Crippen LogP contribution in [0.1, 0.15) is 31.2 Å². The van der Waals surface area contributed by atoms with Gasteiger partial charge < -0.3 is 17.3 Å². The van der Waals surface area contributed by atoms with Gasteiger partial charge in [0, 0.05) is 23.9 Å². The van der Waals surface area contributed by atoms with Gasteiger partial charge in [-0.3, -0.25) is 15.4 Å². The maximum absolute atomic E-state index is 11.9. The van der Waals surface area contributed by atoms with Crippen LogP contribution in [0.2, 0.25) is 0 Å². The van der Waals surface area contributed by atoms with Crippen molar-refractivity contribution in [1.82, 2.24) is 0 Å². The van der Waals surface area contributed by atoms with Gasteiger partial charge in [0.15, 0.2) is 23.0 Å². The summed E-state index contributed by atoms with van der Waals surface area (Å²) in [5, 5.41) is 5.11. The number of esters is 2. The summed E-state index contributed by atoms with van der Waals surface area (Å²) in [4.78, 5) is 45.4. The number of nitrogens with one attached hydrogen (secondary N) is 2. The second kappa shape index (κ2) is 14.2. The van der Waals surface area contributed by atoms with Crippen LogP contribution in [-0.4, -0.2) is 37.5 Å². The molecule has 0 saturated carbocycles. The fourth-order valence-electron chi connectivity index (χ4n) is 2.12. The first-order valence-electron chi connectivity index (χ1n) is 8.94. The molecule has 0 fully saturated rings. The number of rotatable bonds is 11. The number of carbonyl (C=O) groups excluding carboxylic acids is 4. The van der Waals surface area contributed by atoms with Crippen molar-refractivity contribution in [3.8, 4) is 0 Å². The smallest absolute Gasteiger partial charge is 0.421 e. The Morgan fingerprint density at radius 2 is 1.80 bits per heavy atom. The third kappa shape index (κ3) is 10.6. The normalized spacial score (nSPS) is 9.80. The fraction of sp³-hybridized carbons (Fsp3) is 0.368. The summed E-state index contributed by atoms with van der Waals surface area (Å²) >= 11 is 1.46. The zero-order valence-electron chi connectivity index (χ0n) is 16.4. The number of ether oxygens (including phenoxy) is 3. The van der Waals surface area contributed by atoms with Crippen molar-refractivity contribution in [2.45, 2.75) is 32.6 Å². The lowest BCUT2D eigenvalue weighted by Crippen LogP contribution is -2.16. The molecule has 0 aliphatic rings. The summed E-state index contributed by atoms with van der Waals surface area (Å²) in [6.07, 6.45) is 1.63. The van der Waals surface area contributed by atoms with Crippen LogP contribution in [0.5, 0.6) is 0 Å². The molecule has 1 rings (SSSR count). The molecule has 30 heavy (non-hydrogen) atoms. The molecule has 0 radical (unpaired) electrons. The van der Waals surface area contributed by atoms with E-state index in [-0.39, 0.29) is 13.0 Å². The second-order valence-corrected chi connectivity index (χ2v) is 6.33. The van der Waals surface area contributed by atoms with Crippen molar-refractivity contribution >= 4 is 58.5 Å². The predicted octanol–water partition coefficient (Wildman–Crippen LogP) is 4.23. The molecule has 2 N–H and O–H groups in total. The van der Waals surface area contributed by atoms with Crippen LogP contribution in [0, 0.1) is 6.92 Å². The van der Waals surface area contributed by atoms with Gasteiger partial charge in [0.05, 0.1) is 6.61 Å². The highest BCUT2D eigenvalue weighted by Crippen LogP contribution is 2.21. The van der Waals surface area contributed by atoms with Crippen molar-refractivity contribution in [2.24, 2.45) is 0 Å². The summed E-state index contributed by atoms with van der Waals surface area (Å²) < 4.78 is 18.9. The van der Waals surface area contributed by atoms with Crippen molar-refractivity contribution in [2.75, 3.05) is 24.0 Å². The van der Waals surface area contributed by atoms with Crippen molar-refractivity contribution in [3.05, 3.63) is 36.4 Å². The number of amides is 2. The fourth-order valence-corrected chi connectivity index (χ4v) is 2.23. The van der Waals surface area contributed by atoms with Crippen LogP contribution in [0.25, 0.3) is 0 Å². The van der Waals surface area contributed by atoms with Gasteiger partial charge in [-0.05, 0) is 43.9 Å². The Kier molecular flexibility index (Phi) is 11.9.